The zero-order valence-corrected chi connectivity index (χ0v) is 24.9. The van der Waals surface area contributed by atoms with Gasteiger partial charge in [-0.05, 0) is 79.8 Å². The van der Waals surface area contributed by atoms with E-state index in [2.05, 4.69) is 5.32 Å². The number of aryl methyl sites for hydroxylation is 1. The van der Waals surface area contributed by atoms with E-state index < -0.39 is 15.8 Å². The van der Waals surface area contributed by atoms with Gasteiger partial charge in [0, 0.05) is 17.5 Å². The van der Waals surface area contributed by atoms with Crippen molar-refractivity contribution in [3.63, 3.8) is 0 Å². The van der Waals surface area contributed by atoms with E-state index in [1.54, 1.807) is 37.4 Å². The van der Waals surface area contributed by atoms with Crippen molar-refractivity contribution >= 4 is 33.3 Å². The Morgan fingerprint density at radius 1 is 0.925 bits per heavy atom. The number of ether oxygens (including phenoxy) is 1. The molecule has 0 bridgehead atoms. The Labute approximate surface area is 246 Å². The van der Waals surface area contributed by atoms with Crippen LogP contribution in [0.5, 0.6) is 5.75 Å². The molecule has 0 aliphatic heterocycles. The van der Waals surface area contributed by atoms with Crippen molar-refractivity contribution in [1.82, 2.24) is 5.32 Å². The van der Waals surface area contributed by atoms with Crippen LogP contribution < -0.4 is 10.1 Å². The largest absolute Gasteiger partial charge is 0.497 e. The van der Waals surface area contributed by atoms with Gasteiger partial charge in [-0.15, -0.1) is 0 Å². The molecule has 4 aromatic carbocycles. The summed E-state index contributed by atoms with van der Waals surface area (Å²) in [7, 11) is -2.51. The van der Waals surface area contributed by atoms with Gasteiger partial charge in [0.05, 0.1) is 22.1 Å². The maximum absolute atomic E-state index is 13.8. The number of rotatable bonds is 8. The SMILES string of the molecule is COc1ccc([C@H](C)NC2(OS(=O)(=O)c3ccc(C)cc3)CCC(c3ccc(Cl)c(Cl)c3)c3ccccc32)cc1. The molecule has 5 rings (SSSR count). The number of hydrogen-bond acceptors (Lipinski definition) is 5. The lowest BCUT2D eigenvalue weighted by molar-refractivity contribution is 0.00560. The van der Waals surface area contributed by atoms with Crippen molar-refractivity contribution in [2.75, 3.05) is 7.11 Å². The van der Waals surface area contributed by atoms with Gasteiger partial charge < -0.3 is 4.74 Å². The van der Waals surface area contributed by atoms with Gasteiger partial charge in [-0.2, -0.15) is 8.42 Å². The van der Waals surface area contributed by atoms with Crippen LogP contribution >= 0.6 is 23.2 Å². The van der Waals surface area contributed by atoms with Gasteiger partial charge in [-0.1, -0.05) is 83.4 Å². The zero-order chi connectivity index (χ0) is 28.5. The van der Waals surface area contributed by atoms with Crippen LogP contribution in [0.4, 0.5) is 0 Å². The zero-order valence-electron chi connectivity index (χ0n) is 22.5. The van der Waals surface area contributed by atoms with Crippen LogP contribution in [-0.4, -0.2) is 15.5 Å². The number of benzene rings is 4. The number of halogens is 2. The minimum absolute atomic E-state index is 0.0112. The number of methoxy groups -OCH3 is 1. The molecule has 1 aliphatic rings. The van der Waals surface area contributed by atoms with Gasteiger partial charge in [0.25, 0.3) is 10.1 Å². The Bertz CT molecular complexity index is 1610. The molecule has 1 N–H and O–H groups in total. The Morgan fingerprint density at radius 3 is 2.30 bits per heavy atom. The second-order valence-electron chi connectivity index (χ2n) is 10.2. The molecule has 5 nitrogen and oxygen atoms in total. The quantitative estimate of drug-likeness (QED) is 0.164. The van der Waals surface area contributed by atoms with Gasteiger partial charge in [0.2, 0.25) is 0 Å². The van der Waals surface area contributed by atoms with Crippen molar-refractivity contribution in [1.29, 1.82) is 0 Å². The maximum Gasteiger partial charge on any atom is 0.299 e. The summed E-state index contributed by atoms with van der Waals surface area (Å²) in [4.78, 5) is 0.112. The topological polar surface area (TPSA) is 64.6 Å². The summed E-state index contributed by atoms with van der Waals surface area (Å²) < 4.78 is 39.1. The van der Waals surface area contributed by atoms with Crippen LogP contribution in [0.25, 0.3) is 0 Å². The monoisotopic (exact) mass is 595 g/mol. The minimum atomic E-state index is -4.13. The second-order valence-corrected chi connectivity index (χ2v) is 12.5. The highest BCUT2D eigenvalue weighted by atomic mass is 35.5. The lowest BCUT2D eigenvalue weighted by Crippen LogP contribution is -2.50. The highest BCUT2D eigenvalue weighted by Gasteiger charge is 2.45. The third kappa shape index (κ3) is 5.78. The van der Waals surface area contributed by atoms with Gasteiger partial charge >= 0.3 is 0 Å². The lowest BCUT2D eigenvalue weighted by Gasteiger charge is -2.43. The minimum Gasteiger partial charge on any atom is -0.497 e. The fourth-order valence-electron chi connectivity index (χ4n) is 5.41. The first-order chi connectivity index (χ1) is 19.1. The highest BCUT2D eigenvalue weighted by Crippen LogP contribution is 2.48. The van der Waals surface area contributed by atoms with Gasteiger partial charge in [0.15, 0.2) is 5.72 Å². The summed E-state index contributed by atoms with van der Waals surface area (Å²) >= 11 is 12.6. The summed E-state index contributed by atoms with van der Waals surface area (Å²) in [6.07, 6.45) is 1.03. The van der Waals surface area contributed by atoms with Crippen LogP contribution in [0.1, 0.15) is 59.5 Å². The average Bonchev–Trinajstić information content (AvgIpc) is 2.95. The number of fused-ring (bicyclic) bond motifs is 1. The summed E-state index contributed by atoms with van der Waals surface area (Å²) in [5.41, 5.74) is 3.38. The van der Waals surface area contributed by atoms with Crippen molar-refractivity contribution in [3.8, 4) is 5.75 Å². The smallest absolute Gasteiger partial charge is 0.299 e. The third-order valence-corrected chi connectivity index (χ3v) is 9.62. The van der Waals surface area contributed by atoms with E-state index >= 15 is 0 Å². The molecule has 4 aromatic rings. The van der Waals surface area contributed by atoms with Crippen LogP contribution in [0, 0.1) is 6.92 Å². The molecular weight excluding hydrogens is 565 g/mol. The van der Waals surface area contributed by atoms with E-state index in [1.807, 2.05) is 74.5 Å². The first-order valence-electron chi connectivity index (χ1n) is 13.1. The molecule has 40 heavy (non-hydrogen) atoms. The molecule has 0 radical (unpaired) electrons. The van der Waals surface area contributed by atoms with Gasteiger partial charge in [-0.3, -0.25) is 5.32 Å². The summed E-state index contributed by atoms with van der Waals surface area (Å²) in [6, 6.07) is 27.7. The van der Waals surface area contributed by atoms with Crippen LogP contribution in [0.3, 0.4) is 0 Å². The first-order valence-corrected chi connectivity index (χ1v) is 15.3. The molecule has 0 saturated heterocycles. The molecule has 0 aromatic heterocycles. The number of hydrogen-bond donors (Lipinski definition) is 1. The Kier molecular flexibility index (Phi) is 8.27. The molecule has 3 atom stereocenters. The first kappa shape index (κ1) is 28.7. The van der Waals surface area contributed by atoms with Crippen molar-refractivity contribution in [2.24, 2.45) is 0 Å². The molecule has 0 saturated carbocycles. The Balaban J connectivity index is 1.60. The Hall–Kier alpha value is -2.87. The van der Waals surface area contributed by atoms with E-state index in [4.69, 9.17) is 32.1 Å². The molecule has 0 amide bonds. The highest BCUT2D eigenvalue weighted by molar-refractivity contribution is 7.86. The third-order valence-electron chi connectivity index (χ3n) is 7.53. The van der Waals surface area contributed by atoms with Crippen molar-refractivity contribution in [2.45, 2.75) is 49.3 Å². The van der Waals surface area contributed by atoms with Crippen molar-refractivity contribution in [3.05, 3.63) is 129 Å². The van der Waals surface area contributed by atoms with Gasteiger partial charge in [-0.25, -0.2) is 4.18 Å². The molecule has 2 unspecified atom stereocenters. The maximum atomic E-state index is 13.8. The van der Waals surface area contributed by atoms with Gasteiger partial charge in [0.1, 0.15) is 5.75 Å². The molecule has 8 heteroatoms. The lowest BCUT2D eigenvalue weighted by atomic mass is 9.74. The normalized spacial score (nSPS) is 19.6. The van der Waals surface area contributed by atoms with E-state index in [9.17, 15) is 8.42 Å². The number of nitrogens with one attached hydrogen (secondary N) is 1. The summed E-state index contributed by atoms with van der Waals surface area (Å²) in [6.45, 7) is 3.91. The predicted octanol–water partition coefficient (Wildman–Crippen LogP) is 8.15. The molecule has 0 fully saturated rings. The molecular formula is C32H31Cl2NO4S. The second kappa shape index (κ2) is 11.6. The van der Waals surface area contributed by atoms with Crippen LogP contribution in [-0.2, 0) is 20.0 Å². The molecule has 0 spiro atoms. The van der Waals surface area contributed by atoms with E-state index in [-0.39, 0.29) is 16.9 Å². The van der Waals surface area contributed by atoms with Crippen molar-refractivity contribution < 1.29 is 17.3 Å². The summed E-state index contributed by atoms with van der Waals surface area (Å²) in [5.74, 6) is 0.735. The molecule has 1 aliphatic carbocycles. The standard InChI is InChI=1S/C32H31Cl2NO4S/c1-21-8-15-26(16-9-21)40(36,37)39-32(35-22(2)23-10-13-25(38-3)14-11-23)19-18-27(28-6-4-5-7-29(28)32)24-12-17-30(33)31(34)20-24/h4-17,20,22,27,35H,18-19H2,1-3H3/t22-,27?,32?/m0/s1. The van der Waals surface area contributed by atoms with Crippen LogP contribution in [0.2, 0.25) is 10.0 Å². The Morgan fingerprint density at radius 2 is 1.62 bits per heavy atom. The van der Waals surface area contributed by atoms with E-state index in [0.717, 1.165) is 33.6 Å². The summed E-state index contributed by atoms with van der Waals surface area (Å²) in [5, 5.41) is 4.56. The van der Waals surface area contributed by atoms with E-state index in [1.165, 1.54) is 0 Å². The predicted molar refractivity (Wildman–Crippen MR) is 160 cm³/mol. The molecule has 208 valence electrons. The van der Waals surface area contributed by atoms with Crippen LogP contribution in [0.15, 0.2) is 95.9 Å². The van der Waals surface area contributed by atoms with E-state index in [0.29, 0.717) is 22.9 Å². The molecule has 0 heterocycles. The average molecular weight is 597 g/mol. The fraction of sp³-hybridized carbons (Fsp3) is 0.250. The fourth-order valence-corrected chi connectivity index (χ4v) is 6.88.